The number of carboxylic acid groups (broad SMARTS) is 1. The van der Waals surface area contributed by atoms with Crippen LogP contribution in [0.15, 0.2) is 23.1 Å². The van der Waals surface area contributed by atoms with E-state index in [1.807, 2.05) is 6.92 Å². The molecule has 0 radical (unpaired) electrons. The highest BCUT2D eigenvalue weighted by Crippen LogP contribution is 2.17. The molecule has 1 aliphatic rings. The number of pyridine rings is 2. The zero-order valence-corrected chi connectivity index (χ0v) is 12.4. The Morgan fingerprint density at radius 2 is 2.09 bits per heavy atom. The van der Waals surface area contributed by atoms with Gasteiger partial charge in [-0.15, -0.1) is 0 Å². The van der Waals surface area contributed by atoms with E-state index in [2.05, 4.69) is 15.2 Å². The van der Waals surface area contributed by atoms with Gasteiger partial charge in [-0.25, -0.2) is 9.78 Å². The zero-order valence-electron chi connectivity index (χ0n) is 12.4. The van der Waals surface area contributed by atoms with Gasteiger partial charge in [-0.3, -0.25) is 4.79 Å². The second-order valence-electron chi connectivity index (χ2n) is 5.24. The van der Waals surface area contributed by atoms with Crippen LogP contribution in [0.25, 0.3) is 11.0 Å². The normalized spacial score (nSPS) is 15.2. The lowest BCUT2D eigenvalue weighted by Crippen LogP contribution is -2.43. The van der Waals surface area contributed by atoms with Crippen molar-refractivity contribution in [3.05, 3.63) is 34.1 Å². The molecule has 1 aliphatic heterocycles. The number of piperazine rings is 1. The summed E-state index contributed by atoms with van der Waals surface area (Å²) in [7, 11) is 0. The monoisotopic (exact) mass is 302 g/mol. The molecule has 0 atom stereocenters. The number of aromatic carboxylic acids is 1. The second kappa shape index (κ2) is 5.76. The summed E-state index contributed by atoms with van der Waals surface area (Å²) >= 11 is 0. The Labute approximate surface area is 127 Å². The molecule has 0 saturated carbocycles. The highest BCUT2D eigenvalue weighted by atomic mass is 16.4. The Kier molecular flexibility index (Phi) is 3.81. The summed E-state index contributed by atoms with van der Waals surface area (Å²) in [6.45, 7) is 5.98. The van der Waals surface area contributed by atoms with Crippen LogP contribution >= 0.6 is 0 Å². The Hall–Kier alpha value is -2.41. The van der Waals surface area contributed by atoms with Crippen molar-refractivity contribution in [1.29, 1.82) is 0 Å². The molecule has 1 saturated heterocycles. The molecular formula is C15H18N4O3. The van der Waals surface area contributed by atoms with Crippen molar-refractivity contribution >= 4 is 22.8 Å². The van der Waals surface area contributed by atoms with Crippen molar-refractivity contribution in [2.24, 2.45) is 0 Å². The number of anilines is 1. The van der Waals surface area contributed by atoms with Crippen molar-refractivity contribution < 1.29 is 9.90 Å². The molecular weight excluding hydrogens is 284 g/mol. The molecule has 7 nitrogen and oxygen atoms in total. The van der Waals surface area contributed by atoms with E-state index < -0.39 is 11.4 Å². The minimum absolute atomic E-state index is 0.217. The average Bonchev–Trinajstić information content (AvgIpc) is 2.55. The minimum Gasteiger partial charge on any atom is -0.477 e. The third kappa shape index (κ3) is 2.43. The van der Waals surface area contributed by atoms with Crippen LogP contribution in [0, 0.1) is 0 Å². The van der Waals surface area contributed by atoms with Crippen molar-refractivity contribution in [2.75, 3.05) is 31.1 Å². The summed E-state index contributed by atoms with van der Waals surface area (Å²) in [5.41, 5.74) is -0.161. The van der Waals surface area contributed by atoms with Gasteiger partial charge < -0.3 is 19.9 Å². The molecule has 0 amide bonds. The van der Waals surface area contributed by atoms with E-state index in [0.29, 0.717) is 17.6 Å². The van der Waals surface area contributed by atoms with Gasteiger partial charge in [0.25, 0.3) is 0 Å². The molecule has 2 aromatic heterocycles. The number of hydrogen-bond acceptors (Lipinski definition) is 5. The lowest BCUT2D eigenvalue weighted by molar-refractivity contribution is 0.0695. The van der Waals surface area contributed by atoms with Crippen LogP contribution in [0.1, 0.15) is 17.3 Å². The van der Waals surface area contributed by atoms with Crippen LogP contribution in [-0.2, 0) is 6.54 Å². The molecule has 3 heterocycles. The summed E-state index contributed by atoms with van der Waals surface area (Å²) in [4.78, 5) is 30.2. The largest absolute Gasteiger partial charge is 0.477 e. The third-order valence-electron chi connectivity index (χ3n) is 3.92. The predicted molar refractivity (Wildman–Crippen MR) is 83.7 cm³/mol. The fourth-order valence-electron chi connectivity index (χ4n) is 2.72. The molecule has 0 unspecified atom stereocenters. The molecule has 1 fully saturated rings. The van der Waals surface area contributed by atoms with E-state index in [9.17, 15) is 9.59 Å². The van der Waals surface area contributed by atoms with Crippen molar-refractivity contribution in [3.63, 3.8) is 0 Å². The summed E-state index contributed by atoms with van der Waals surface area (Å²) in [6.07, 6.45) is 1.38. The van der Waals surface area contributed by atoms with Crippen LogP contribution < -0.4 is 15.6 Å². The number of hydrogen-bond donors (Lipinski definition) is 2. The quantitative estimate of drug-likeness (QED) is 0.860. The average molecular weight is 302 g/mol. The van der Waals surface area contributed by atoms with E-state index >= 15 is 0 Å². The van der Waals surface area contributed by atoms with E-state index in [-0.39, 0.29) is 5.56 Å². The maximum absolute atomic E-state index is 12.3. The first-order valence-electron chi connectivity index (χ1n) is 7.35. The van der Waals surface area contributed by atoms with Gasteiger partial charge in [0.2, 0.25) is 5.43 Å². The van der Waals surface area contributed by atoms with Gasteiger partial charge in [0.15, 0.2) is 0 Å². The fraction of sp³-hybridized carbons (Fsp3) is 0.400. The number of rotatable bonds is 3. The topological polar surface area (TPSA) is 87.5 Å². The molecule has 0 bridgehead atoms. The van der Waals surface area contributed by atoms with E-state index in [1.165, 1.54) is 6.20 Å². The number of aryl methyl sites for hydroxylation is 1. The molecule has 2 aromatic rings. The molecule has 0 spiro atoms. The maximum Gasteiger partial charge on any atom is 0.341 e. The lowest BCUT2D eigenvalue weighted by Gasteiger charge is -2.28. The van der Waals surface area contributed by atoms with Gasteiger partial charge in [-0.05, 0) is 19.1 Å². The van der Waals surface area contributed by atoms with Crippen LogP contribution in [0.3, 0.4) is 0 Å². The lowest BCUT2D eigenvalue weighted by atomic mass is 10.2. The highest BCUT2D eigenvalue weighted by molar-refractivity contribution is 5.92. The first kappa shape index (κ1) is 14.5. The number of nitrogens with zero attached hydrogens (tertiary/aromatic N) is 3. The molecule has 116 valence electrons. The van der Waals surface area contributed by atoms with Crippen LogP contribution in [0.5, 0.6) is 0 Å². The second-order valence-corrected chi connectivity index (χ2v) is 5.24. The van der Waals surface area contributed by atoms with Gasteiger partial charge in [-0.1, -0.05) is 0 Å². The van der Waals surface area contributed by atoms with E-state index in [0.717, 1.165) is 32.0 Å². The Morgan fingerprint density at radius 3 is 2.73 bits per heavy atom. The van der Waals surface area contributed by atoms with Crippen LogP contribution in [0.4, 0.5) is 5.82 Å². The summed E-state index contributed by atoms with van der Waals surface area (Å²) in [6, 6.07) is 3.47. The van der Waals surface area contributed by atoms with Gasteiger partial charge in [0.1, 0.15) is 17.0 Å². The third-order valence-corrected chi connectivity index (χ3v) is 3.92. The summed E-state index contributed by atoms with van der Waals surface area (Å²) < 4.78 is 1.71. The van der Waals surface area contributed by atoms with Gasteiger partial charge in [0, 0.05) is 38.9 Å². The smallest absolute Gasteiger partial charge is 0.341 e. The number of nitrogens with one attached hydrogen (secondary N) is 1. The SMILES string of the molecule is CCn1cc(C(=O)O)c(=O)c2ccc(N3CCNCC3)nc21. The highest BCUT2D eigenvalue weighted by Gasteiger charge is 2.17. The number of aromatic nitrogens is 2. The van der Waals surface area contributed by atoms with Gasteiger partial charge >= 0.3 is 5.97 Å². The number of carboxylic acids is 1. The van der Waals surface area contributed by atoms with Crippen LogP contribution in [0.2, 0.25) is 0 Å². The van der Waals surface area contributed by atoms with E-state index in [1.54, 1.807) is 16.7 Å². The van der Waals surface area contributed by atoms with Gasteiger partial charge in [0.05, 0.1) is 5.39 Å². The minimum atomic E-state index is -1.21. The van der Waals surface area contributed by atoms with Crippen molar-refractivity contribution in [2.45, 2.75) is 13.5 Å². The van der Waals surface area contributed by atoms with Crippen molar-refractivity contribution in [3.8, 4) is 0 Å². The van der Waals surface area contributed by atoms with E-state index in [4.69, 9.17) is 5.11 Å². The fourth-order valence-corrected chi connectivity index (χ4v) is 2.72. The molecule has 0 aromatic carbocycles. The zero-order chi connectivity index (χ0) is 15.7. The maximum atomic E-state index is 12.3. The molecule has 7 heteroatoms. The molecule has 0 aliphatic carbocycles. The Balaban J connectivity index is 2.17. The summed E-state index contributed by atoms with van der Waals surface area (Å²) in [5.74, 6) is -0.390. The predicted octanol–water partition coefficient (Wildman–Crippen LogP) is 0.524. The molecule has 3 rings (SSSR count). The standard InChI is InChI=1S/C15H18N4O3/c1-2-18-9-11(15(21)22)13(20)10-3-4-12(17-14(10)18)19-7-5-16-6-8-19/h3-4,9,16H,2,5-8H2,1H3,(H,21,22). The summed E-state index contributed by atoms with van der Waals surface area (Å²) in [5, 5.41) is 12.8. The number of fused-ring (bicyclic) bond motifs is 1. The number of carbonyl (C=O) groups is 1. The first-order chi connectivity index (χ1) is 10.6. The van der Waals surface area contributed by atoms with Crippen molar-refractivity contribution in [1.82, 2.24) is 14.9 Å². The first-order valence-corrected chi connectivity index (χ1v) is 7.35. The Morgan fingerprint density at radius 1 is 1.36 bits per heavy atom. The Bertz CT molecular complexity index is 778. The van der Waals surface area contributed by atoms with Gasteiger partial charge in [-0.2, -0.15) is 0 Å². The molecule has 2 N–H and O–H groups in total. The van der Waals surface area contributed by atoms with Crippen LogP contribution in [-0.4, -0.2) is 46.8 Å². The molecule has 22 heavy (non-hydrogen) atoms.